The normalized spacial score (nSPS) is 15.0. The molecule has 0 aliphatic rings. The van der Waals surface area contributed by atoms with E-state index >= 15 is 0 Å². The minimum Gasteiger partial charge on any atom is -0.402 e. The SMILES string of the molecule is CCCCN[N+](C)(C)C(C)CC(N)=CCCC(C)C. The van der Waals surface area contributed by atoms with Crippen LogP contribution in [0, 0.1) is 5.92 Å². The van der Waals surface area contributed by atoms with Gasteiger partial charge in [0.2, 0.25) is 0 Å². The Kier molecular flexibility index (Phi) is 9.11. The summed E-state index contributed by atoms with van der Waals surface area (Å²) in [5, 5.41) is 0. The van der Waals surface area contributed by atoms with Crippen molar-refractivity contribution >= 4 is 0 Å². The summed E-state index contributed by atoms with van der Waals surface area (Å²) in [7, 11) is 4.45. The minimum atomic E-state index is 0.493. The molecule has 3 nitrogen and oxygen atoms in total. The van der Waals surface area contributed by atoms with Crippen LogP contribution in [-0.2, 0) is 0 Å². The zero-order valence-electron chi connectivity index (χ0n) is 14.0. The topological polar surface area (TPSA) is 38.0 Å². The van der Waals surface area contributed by atoms with Crippen LogP contribution in [0.3, 0.4) is 0 Å². The van der Waals surface area contributed by atoms with E-state index in [1.807, 2.05) is 0 Å². The summed E-state index contributed by atoms with van der Waals surface area (Å²) in [5.41, 5.74) is 10.8. The van der Waals surface area contributed by atoms with Crippen molar-refractivity contribution < 1.29 is 4.59 Å². The van der Waals surface area contributed by atoms with Crippen LogP contribution >= 0.6 is 0 Å². The van der Waals surface area contributed by atoms with Crippen molar-refractivity contribution in [2.24, 2.45) is 11.7 Å². The number of unbranched alkanes of at least 4 members (excludes halogenated alkanes) is 1. The first-order valence-corrected chi connectivity index (χ1v) is 7.82. The van der Waals surface area contributed by atoms with Gasteiger partial charge in [-0.3, -0.25) is 0 Å². The van der Waals surface area contributed by atoms with E-state index in [1.165, 1.54) is 19.3 Å². The molecule has 1 unspecified atom stereocenters. The van der Waals surface area contributed by atoms with Crippen molar-refractivity contribution in [3.8, 4) is 0 Å². The van der Waals surface area contributed by atoms with Crippen molar-refractivity contribution in [3.05, 3.63) is 11.8 Å². The molecule has 0 aromatic heterocycles. The van der Waals surface area contributed by atoms with Crippen LogP contribution in [0.2, 0.25) is 0 Å². The lowest BCUT2D eigenvalue weighted by molar-refractivity contribution is -0.955. The molecule has 0 amide bonds. The van der Waals surface area contributed by atoms with Gasteiger partial charge < -0.3 is 5.73 Å². The standard InChI is InChI=1S/C16H36N3/c1-7-8-12-18-19(5,6)15(4)13-16(17)11-9-10-14(2)3/h11,14-15,18H,7-10,12-13,17H2,1-6H3/q+1. The highest BCUT2D eigenvalue weighted by Crippen LogP contribution is 2.12. The van der Waals surface area contributed by atoms with Crippen LogP contribution in [0.15, 0.2) is 11.8 Å². The zero-order valence-corrected chi connectivity index (χ0v) is 14.0. The Morgan fingerprint density at radius 3 is 2.42 bits per heavy atom. The fourth-order valence-electron chi connectivity index (χ4n) is 1.95. The van der Waals surface area contributed by atoms with Gasteiger partial charge in [0.1, 0.15) is 6.04 Å². The first-order valence-electron chi connectivity index (χ1n) is 7.82. The van der Waals surface area contributed by atoms with Crippen LogP contribution in [0.25, 0.3) is 0 Å². The van der Waals surface area contributed by atoms with Crippen molar-refractivity contribution in [2.45, 2.75) is 65.8 Å². The van der Waals surface area contributed by atoms with E-state index in [1.54, 1.807) is 0 Å². The van der Waals surface area contributed by atoms with E-state index in [4.69, 9.17) is 5.73 Å². The Labute approximate surface area is 120 Å². The maximum absolute atomic E-state index is 6.14. The largest absolute Gasteiger partial charge is 0.402 e. The Morgan fingerprint density at radius 2 is 1.89 bits per heavy atom. The van der Waals surface area contributed by atoms with E-state index < -0.39 is 0 Å². The van der Waals surface area contributed by atoms with E-state index in [-0.39, 0.29) is 0 Å². The molecule has 0 spiro atoms. The average Bonchev–Trinajstić information content (AvgIpc) is 2.28. The van der Waals surface area contributed by atoms with Crippen molar-refractivity contribution in [3.63, 3.8) is 0 Å². The first-order chi connectivity index (χ1) is 8.79. The number of hydrogen-bond donors (Lipinski definition) is 2. The number of nitrogens with one attached hydrogen (secondary N) is 1. The molecule has 0 saturated heterocycles. The molecule has 19 heavy (non-hydrogen) atoms. The van der Waals surface area contributed by atoms with Crippen LogP contribution in [0.5, 0.6) is 0 Å². The second kappa shape index (κ2) is 9.38. The summed E-state index contributed by atoms with van der Waals surface area (Å²) >= 11 is 0. The van der Waals surface area contributed by atoms with Crippen molar-refractivity contribution in [1.82, 2.24) is 5.43 Å². The smallest absolute Gasteiger partial charge is 0.109 e. The average molecular weight is 270 g/mol. The van der Waals surface area contributed by atoms with Gasteiger partial charge in [0, 0.05) is 18.7 Å². The summed E-state index contributed by atoms with van der Waals surface area (Å²) < 4.78 is 0.832. The molecule has 0 bridgehead atoms. The molecule has 0 aliphatic heterocycles. The third-order valence-electron chi connectivity index (χ3n) is 3.83. The monoisotopic (exact) mass is 270 g/mol. The predicted molar refractivity (Wildman–Crippen MR) is 85.4 cm³/mol. The van der Waals surface area contributed by atoms with Gasteiger partial charge in [0.15, 0.2) is 0 Å². The molecule has 0 aromatic rings. The van der Waals surface area contributed by atoms with Crippen LogP contribution in [0.1, 0.15) is 59.8 Å². The minimum absolute atomic E-state index is 0.493. The summed E-state index contributed by atoms with van der Waals surface area (Å²) in [4.78, 5) is 0. The molecule has 0 aromatic carbocycles. The third-order valence-corrected chi connectivity index (χ3v) is 3.83. The van der Waals surface area contributed by atoms with E-state index in [2.05, 4.69) is 53.3 Å². The maximum atomic E-state index is 6.14. The number of allylic oxidation sites excluding steroid dienone is 1. The third kappa shape index (κ3) is 9.06. The summed E-state index contributed by atoms with van der Waals surface area (Å²) in [5.74, 6) is 0.754. The van der Waals surface area contributed by atoms with Gasteiger partial charge >= 0.3 is 0 Å². The lowest BCUT2D eigenvalue weighted by Gasteiger charge is -2.35. The molecule has 0 radical (unpaired) electrons. The highest BCUT2D eigenvalue weighted by atomic mass is 15.6. The molecule has 114 valence electrons. The molecule has 3 N–H and O–H groups in total. The Balaban J connectivity index is 4.14. The Morgan fingerprint density at radius 1 is 1.26 bits per heavy atom. The van der Waals surface area contributed by atoms with E-state index in [9.17, 15) is 0 Å². The lowest BCUT2D eigenvalue weighted by Crippen LogP contribution is -2.57. The number of nitrogens with zero attached hydrogens (tertiary/aromatic N) is 1. The summed E-state index contributed by atoms with van der Waals surface area (Å²) in [6.07, 6.45) is 7.97. The Bertz CT molecular complexity index is 257. The number of rotatable bonds is 10. The summed E-state index contributed by atoms with van der Waals surface area (Å²) in [6.45, 7) is 10.1. The van der Waals surface area contributed by atoms with Gasteiger partial charge in [0.05, 0.1) is 14.1 Å². The lowest BCUT2D eigenvalue weighted by atomic mass is 10.1. The predicted octanol–water partition coefficient (Wildman–Crippen LogP) is 3.42. The second-order valence-electron chi connectivity index (χ2n) is 6.60. The van der Waals surface area contributed by atoms with Gasteiger partial charge in [-0.15, -0.1) is 0 Å². The van der Waals surface area contributed by atoms with Crippen LogP contribution in [0.4, 0.5) is 0 Å². The first kappa shape index (κ1) is 18.5. The van der Waals surface area contributed by atoms with E-state index in [0.717, 1.165) is 35.6 Å². The number of quaternary nitrogens is 1. The Hall–Kier alpha value is -0.540. The maximum Gasteiger partial charge on any atom is 0.109 e. The molecular formula is C16H36N3+. The molecule has 0 heterocycles. The fraction of sp³-hybridized carbons (Fsp3) is 0.875. The fourth-order valence-corrected chi connectivity index (χ4v) is 1.95. The number of hydrogen-bond acceptors (Lipinski definition) is 2. The quantitative estimate of drug-likeness (QED) is 0.363. The van der Waals surface area contributed by atoms with Crippen LogP contribution in [-0.4, -0.2) is 31.3 Å². The summed E-state index contributed by atoms with van der Waals surface area (Å²) in [6, 6.07) is 0.493. The van der Waals surface area contributed by atoms with E-state index in [0.29, 0.717) is 6.04 Å². The molecule has 0 aliphatic carbocycles. The highest BCUT2D eigenvalue weighted by molar-refractivity contribution is 4.97. The molecule has 0 saturated carbocycles. The zero-order chi connectivity index (χ0) is 14.9. The second-order valence-corrected chi connectivity index (χ2v) is 6.60. The van der Waals surface area contributed by atoms with Gasteiger partial charge in [-0.25, -0.2) is 4.59 Å². The van der Waals surface area contributed by atoms with Gasteiger partial charge in [-0.1, -0.05) is 33.3 Å². The molecule has 1 atom stereocenters. The van der Waals surface area contributed by atoms with Crippen molar-refractivity contribution in [1.29, 1.82) is 0 Å². The van der Waals surface area contributed by atoms with Gasteiger partial charge in [0.25, 0.3) is 0 Å². The van der Waals surface area contributed by atoms with Gasteiger partial charge in [-0.05, 0) is 32.1 Å². The molecule has 0 fully saturated rings. The molecule has 3 heteroatoms. The number of nitrogens with two attached hydrogens (primary N) is 1. The highest BCUT2D eigenvalue weighted by Gasteiger charge is 2.24. The molecule has 0 rings (SSSR count). The van der Waals surface area contributed by atoms with Crippen LogP contribution < -0.4 is 11.2 Å². The van der Waals surface area contributed by atoms with Crippen molar-refractivity contribution in [2.75, 3.05) is 20.6 Å². The van der Waals surface area contributed by atoms with Gasteiger partial charge in [-0.2, -0.15) is 5.43 Å². The molecular weight excluding hydrogens is 234 g/mol.